The lowest BCUT2D eigenvalue weighted by atomic mass is 9.97. The molecule has 1 amide bonds. The van der Waals surface area contributed by atoms with Crippen LogP contribution in [0.3, 0.4) is 0 Å². The molecule has 0 bridgehead atoms. The number of carbonyl (C=O) groups excluding carboxylic acids is 1. The molecule has 2 heterocycles. The number of carboxylic acid groups (broad SMARTS) is 1. The highest BCUT2D eigenvalue weighted by Crippen LogP contribution is 2.25. The molecule has 7 nitrogen and oxygen atoms in total. The van der Waals surface area contributed by atoms with E-state index in [0.717, 1.165) is 6.26 Å². The summed E-state index contributed by atoms with van der Waals surface area (Å²) >= 11 is 0. The molecule has 0 aliphatic carbocycles. The van der Waals surface area contributed by atoms with Gasteiger partial charge in [-0.25, -0.2) is 17.5 Å². The number of hydrogen-bond donors (Lipinski definition) is 1. The number of likely N-dealkylation sites (tertiary alicyclic amines) is 1. The van der Waals surface area contributed by atoms with Gasteiger partial charge in [0.25, 0.3) is 0 Å². The highest BCUT2D eigenvalue weighted by Gasteiger charge is 2.39. The Morgan fingerprint density at radius 2 is 1.80 bits per heavy atom. The summed E-state index contributed by atoms with van der Waals surface area (Å²) in [6.07, 6.45) is 3.55. The highest BCUT2D eigenvalue weighted by atomic mass is 32.2. The second-order valence-electron chi connectivity index (χ2n) is 5.49. The minimum Gasteiger partial charge on any atom is -0.480 e. The van der Waals surface area contributed by atoms with Crippen LogP contribution < -0.4 is 0 Å². The second-order valence-corrected chi connectivity index (χ2v) is 7.47. The third-order valence-electron chi connectivity index (χ3n) is 4.02. The quantitative estimate of drug-likeness (QED) is 0.774. The number of rotatable bonds is 3. The summed E-state index contributed by atoms with van der Waals surface area (Å²) in [7, 11) is -3.30. The highest BCUT2D eigenvalue weighted by molar-refractivity contribution is 7.88. The van der Waals surface area contributed by atoms with Crippen LogP contribution in [0.5, 0.6) is 0 Å². The summed E-state index contributed by atoms with van der Waals surface area (Å²) in [6, 6.07) is -0.754. The first-order valence-corrected chi connectivity index (χ1v) is 8.64. The van der Waals surface area contributed by atoms with E-state index in [1.807, 2.05) is 0 Å². The second kappa shape index (κ2) is 5.69. The average molecular weight is 304 g/mol. The van der Waals surface area contributed by atoms with Gasteiger partial charge in [-0.1, -0.05) is 0 Å². The third-order valence-corrected chi connectivity index (χ3v) is 5.29. The molecule has 0 radical (unpaired) electrons. The van der Waals surface area contributed by atoms with E-state index in [1.54, 1.807) is 0 Å². The topological polar surface area (TPSA) is 95.0 Å². The van der Waals surface area contributed by atoms with E-state index in [9.17, 15) is 18.0 Å². The molecule has 2 atom stereocenters. The van der Waals surface area contributed by atoms with Gasteiger partial charge in [-0.3, -0.25) is 4.79 Å². The van der Waals surface area contributed by atoms with E-state index in [2.05, 4.69) is 0 Å². The van der Waals surface area contributed by atoms with Crippen LogP contribution in [0, 0.1) is 5.92 Å². The van der Waals surface area contributed by atoms with E-state index in [1.165, 1.54) is 9.21 Å². The van der Waals surface area contributed by atoms with Gasteiger partial charge in [0.15, 0.2) is 0 Å². The van der Waals surface area contributed by atoms with Gasteiger partial charge in [0.2, 0.25) is 15.9 Å². The Kier molecular flexibility index (Phi) is 4.33. The molecule has 20 heavy (non-hydrogen) atoms. The van der Waals surface area contributed by atoms with E-state index in [0.29, 0.717) is 38.8 Å². The van der Waals surface area contributed by atoms with Crippen molar-refractivity contribution < 1.29 is 23.1 Å². The molecule has 2 aliphatic rings. The fourth-order valence-corrected chi connectivity index (χ4v) is 3.88. The number of carboxylic acids is 1. The molecule has 2 saturated heterocycles. The summed E-state index contributed by atoms with van der Waals surface area (Å²) < 4.78 is 24.4. The van der Waals surface area contributed by atoms with Crippen molar-refractivity contribution in [2.75, 3.05) is 25.9 Å². The summed E-state index contributed by atoms with van der Waals surface area (Å²) in [5, 5.41) is 9.11. The first-order chi connectivity index (χ1) is 9.30. The smallest absolute Gasteiger partial charge is 0.326 e. The van der Waals surface area contributed by atoms with E-state index >= 15 is 0 Å². The van der Waals surface area contributed by atoms with E-state index in [4.69, 9.17) is 5.11 Å². The van der Waals surface area contributed by atoms with Gasteiger partial charge in [0, 0.05) is 19.6 Å². The van der Waals surface area contributed by atoms with Crippen LogP contribution in [0.2, 0.25) is 0 Å². The van der Waals surface area contributed by atoms with Crippen LogP contribution in [-0.4, -0.2) is 66.5 Å². The van der Waals surface area contributed by atoms with Gasteiger partial charge in [-0.2, -0.15) is 0 Å². The van der Waals surface area contributed by atoms with Crippen LogP contribution >= 0.6 is 0 Å². The number of sulfonamides is 1. The molecule has 2 fully saturated rings. The standard InChI is InChI=1S/C12H20N2O5S/c1-20(18,19)13-6-2-4-9(8-13)11(15)14-7-3-5-10(14)12(16)17/h9-10H,2-8H2,1H3,(H,16,17)/t9-,10-/m1/s1. The largest absolute Gasteiger partial charge is 0.480 e. The first kappa shape index (κ1) is 15.2. The number of carbonyl (C=O) groups is 2. The van der Waals surface area contributed by atoms with Crippen molar-refractivity contribution in [3.8, 4) is 0 Å². The third kappa shape index (κ3) is 3.12. The molecular formula is C12H20N2O5S. The Labute approximate surface area is 118 Å². The molecular weight excluding hydrogens is 284 g/mol. The fourth-order valence-electron chi connectivity index (χ4n) is 2.97. The zero-order valence-corrected chi connectivity index (χ0v) is 12.3. The van der Waals surface area contributed by atoms with Gasteiger partial charge < -0.3 is 10.0 Å². The van der Waals surface area contributed by atoms with Crippen molar-refractivity contribution >= 4 is 21.9 Å². The number of aliphatic carboxylic acids is 1. The SMILES string of the molecule is CS(=O)(=O)N1CCC[C@@H](C(=O)N2CCC[C@@H]2C(=O)O)C1. The average Bonchev–Trinajstić information content (AvgIpc) is 2.86. The predicted molar refractivity (Wildman–Crippen MR) is 71.5 cm³/mol. The summed E-state index contributed by atoms with van der Waals surface area (Å²) in [5.74, 6) is -1.62. The zero-order valence-electron chi connectivity index (χ0n) is 11.5. The van der Waals surface area contributed by atoms with Gasteiger partial charge in [0.1, 0.15) is 6.04 Å². The lowest BCUT2D eigenvalue weighted by Gasteiger charge is -2.33. The first-order valence-electron chi connectivity index (χ1n) is 6.79. The van der Waals surface area contributed by atoms with E-state index in [-0.39, 0.29) is 12.5 Å². The molecule has 0 saturated carbocycles. The Hall–Kier alpha value is -1.15. The maximum atomic E-state index is 12.4. The van der Waals surface area contributed by atoms with Crippen molar-refractivity contribution in [1.29, 1.82) is 0 Å². The molecule has 0 aromatic rings. The monoisotopic (exact) mass is 304 g/mol. The van der Waals surface area contributed by atoms with E-state index < -0.39 is 28.0 Å². The summed E-state index contributed by atoms with van der Waals surface area (Å²) in [4.78, 5) is 25.0. The van der Waals surface area contributed by atoms with Crippen molar-refractivity contribution in [1.82, 2.24) is 9.21 Å². The maximum Gasteiger partial charge on any atom is 0.326 e. The lowest BCUT2D eigenvalue weighted by Crippen LogP contribution is -2.49. The number of amides is 1. The van der Waals surface area contributed by atoms with Crippen LogP contribution in [-0.2, 0) is 19.6 Å². The van der Waals surface area contributed by atoms with Gasteiger partial charge in [-0.05, 0) is 25.7 Å². The number of hydrogen-bond acceptors (Lipinski definition) is 4. The maximum absolute atomic E-state index is 12.4. The minimum atomic E-state index is -3.30. The summed E-state index contributed by atoms with van der Waals surface area (Å²) in [5.41, 5.74) is 0. The predicted octanol–water partition coefficient (Wildman–Crippen LogP) is -0.266. The van der Waals surface area contributed by atoms with Crippen molar-refractivity contribution in [3.63, 3.8) is 0 Å². The van der Waals surface area contributed by atoms with Crippen LogP contribution in [0.15, 0.2) is 0 Å². The Bertz CT molecular complexity index is 504. The van der Waals surface area contributed by atoms with Crippen LogP contribution in [0.4, 0.5) is 0 Å². The van der Waals surface area contributed by atoms with Crippen LogP contribution in [0.1, 0.15) is 25.7 Å². The molecule has 0 aromatic carbocycles. The van der Waals surface area contributed by atoms with Crippen molar-refractivity contribution in [2.45, 2.75) is 31.7 Å². The Balaban J connectivity index is 2.07. The van der Waals surface area contributed by atoms with Gasteiger partial charge >= 0.3 is 5.97 Å². The Morgan fingerprint density at radius 3 is 2.40 bits per heavy atom. The number of piperidine rings is 1. The molecule has 0 unspecified atom stereocenters. The molecule has 8 heteroatoms. The van der Waals surface area contributed by atoms with Crippen LogP contribution in [0.25, 0.3) is 0 Å². The number of nitrogens with zero attached hydrogens (tertiary/aromatic N) is 2. The summed E-state index contributed by atoms with van der Waals surface area (Å²) in [6.45, 7) is 1.05. The minimum absolute atomic E-state index is 0.167. The fraction of sp³-hybridized carbons (Fsp3) is 0.833. The normalized spacial score (nSPS) is 28.6. The molecule has 1 N–H and O–H groups in total. The van der Waals surface area contributed by atoms with Crippen molar-refractivity contribution in [2.24, 2.45) is 5.92 Å². The lowest BCUT2D eigenvalue weighted by molar-refractivity contribution is -0.150. The zero-order chi connectivity index (χ0) is 14.9. The molecule has 114 valence electrons. The Morgan fingerprint density at radius 1 is 1.15 bits per heavy atom. The molecule has 2 aliphatic heterocycles. The van der Waals surface area contributed by atoms with Gasteiger partial charge in [-0.15, -0.1) is 0 Å². The van der Waals surface area contributed by atoms with Crippen molar-refractivity contribution in [3.05, 3.63) is 0 Å². The van der Waals surface area contributed by atoms with Gasteiger partial charge in [0.05, 0.1) is 12.2 Å². The molecule has 2 rings (SSSR count). The molecule has 0 aromatic heterocycles. The molecule has 0 spiro atoms.